The lowest BCUT2D eigenvalue weighted by atomic mass is 9.80. The van der Waals surface area contributed by atoms with Crippen LogP contribution in [0, 0.1) is 9.49 Å². The maximum atomic E-state index is 13.3. The first-order valence-electron chi connectivity index (χ1n) is 11.2. The molecule has 3 rings (SSSR count). The maximum Gasteiger partial charge on any atom is 0.288 e. The van der Waals surface area contributed by atoms with Crippen LogP contribution in [0.2, 0.25) is 0 Å². The van der Waals surface area contributed by atoms with Crippen molar-refractivity contribution in [3.63, 3.8) is 0 Å². The molecule has 1 aliphatic heterocycles. The van der Waals surface area contributed by atoms with E-state index in [1.54, 1.807) is 0 Å². The Bertz CT molecular complexity index is 714. The third-order valence-corrected chi connectivity index (χ3v) is 7.04. The Morgan fingerprint density at radius 2 is 1.93 bits per heavy atom. The molecule has 1 aromatic rings. The minimum Gasteiger partial charge on any atom is -0.459 e. The second-order valence-electron chi connectivity index (χ2n) is 8.29. The zero-order chi connectivity index (χ0) is 21.5. The van der Waals surface area contributed by atoms with Crippen molar-refractivity contribution < 1.29 is 19.4 Å². The number of hydrogen-bond donors (Lipinski definition) is 1. The fourth-order valence-corrected chi connectivity index (χ4v) is 4.99. The zero-order valence-corrected chi connectivity index (χ0v) is 20.2. The Labute approximate surface area is 194 Å². The van der Waals surface area contributed by atoms with Crippen LogP contribution >= 0.6 is 22.6 Å². The van der Waals surface area contributed by atoms with Crippen LogP contribution < -0.4 is 0 Å². The summed E-state index contributed by atoms with van der Waals surface area (Å²) in [5.41, 5.74) is 1.15. The fourth-order valence-electron chi connectivity index (χ4n) is 4.63. The largest absolute Gasteiger partial charge is 0.459 e. The summed E-state index contributed by atoms with van der Waals surface area (Å²) in [5, 5.41) is 9.40. The average molecular weight is 527 g/mol. The number of halogens is 1. The molecule has 0 spiro atoms. The van der Waals surface area contributed by atoms with E-state index in [2.05, 4.69) is 46.9 Å². The monoisotopic (exact) mass is 527 g/mol. The highest BCUT2D eigenvalue weighted by Gasteiger charge is 2.39. The summed E-state index contributed by atoms with van der Waals surface area (Å²) in [6.07, 6.45) is 8.68. The number of nitrogens with zero attached hydrogens (tertiary/aromatic N) is 1. The summed E-state index contributed by atoms with van der Waals surface area (Å²) >= 11 is 2.30. The Hall–Kier alpha value is -1.12. The predicted molar refractivity (Wildman–Crippen MR) is 126 cm³/mol. The van der Waals surface area contributed by atoms with Crippen molar-refractivity contribution >= 4 is 28.5 Å². The standard InChI is InChI=1S/C24H34INO4/c1-3-29-24-20(10-7-15-27)21(17-11-13-18(25)14-12-17)16-22(30-24)23(28)26(2)19-8-5-4-6-9-19/h11-14,16,19-21,24,27H,3-10,15H2,1-2H3/t20-,21+,24+/m0/s1. The molecular weight excluding hydrogens is 493 g/mol. The van der Waals surface area contributed by atoms with Crippen LogP contribution in [0.4, 0.5) is 0 Å². The highest BCUT2D eigenvalue weighted by atomic mass is 127. The lowest BCUT2D eigenvalue weighted by Gasteiger charge is -2.39. The Balaban J connectivity index is 1.90. The molecule has 6 heteroatoms. The van der Waals surface area contributed by atoms with Crippen molar-refractivity contribution in [2.45, 2.75) is 70.1 Å². The van der Waals surface area contributed by atoms with E-state index in [9.17, 15) is 9.90 Å². The number of rotatable bonds is 8. The molecule has 30 heavy (non-hydrogen) atoms. The SMILES string of the molecule is CCO[C@@H]1OC(C(=O)N(C)C2CCCCC2)=C[C@H](c2ccc(I)cc2)[C@@H]1CCCO. The van der Waals surface area contributed by atoms with Gasteiger partial charge in [0, 0.05) is 41.7 Å². The van der Waals surface area contributed by atoms with Gasteiger partial charge in [-0.25, -0.2) is 0 Å². The quantitative estimate of drug-likeness (QED) is 0.492. The van der Waals surface area contributed by atoms with E-state index in [-0.39, 0.29) is 30.4 Å². The Morgan fingerprint density at radius 1 is 1.23 bits per heavy atom. The number of allylic oxidation sites excluding steroid dienone is 1. The molecule has 1 aromatic carbocycles. The van der Waals surface area contributed by atoms with Crippen molar-refractivity contribution in [3.8, 4) is 0 Å². The van der Waals surface area contributed by atoms with Crippen molar-refractivity contribution in [3.05, 3.63) is 45.2 Å². The number of amides is 1. The number of likely N-dealkylation sites (N-methyl/N-ethyl adjacent to an activating group) is 1. The molecule has 166 valence electrons. The van der Waals surface area contributed by atoms with Gasteiger partial charge in [-0.1, -0.05) is 31.4 Å². The van der Waals surface area contributed by atoms with Crippen molar-refractivity contribution in [1.82, 2.24) is 4.90 Å². The van der Waals surface area contributed by atoms with Gasteiger partial charge in [0.25, 0.3) is 5.91 Å². The van der Waals surface area contributed by atoms with Gasteiger partial charge in [-0.05, 0) is 79.0 Å². The molecular formula is C24H34INO4. The van der Waals surface area contributed by atoms with Gasteiger partial charge in [0.2, 0.25) is 6.29 Å². The first-order valence-corrected chi connectivity index (χ1v) is 12.3. The molecule has 0 saturated heterocycles. The summed E-state index contributed by atoms with van der Waals surface area (Å²) in [6.45, 7) is 2.59. The minimum absolute atomic E-state index is 0.0116. The number of benzene rings is 1. The van der Waals surface area contributed by atoms with Gasteiger partial charge in [0.1, 0.15) is 0 Å². The molecule has 0 aromatic heterocycles. The van der Waals surface area contributed by atoms with E-state index in [0.717, 1.165) is 24.8 Å². The van der Waals surface area contributed by atoms with Gasteiger partial charge in [-0.15, -0.1) is 0 Å². The molecule has 0 unspecified atom stereocenters. The van der Waals surface area contributed by atoms with Gasteiger partial charge in [0.15, 0.2) is 5.76 Å². The summed E-state index contributed by atoms with van der Waals surface area (Å²) in [7, 11) is 1.90. The van der Waals surface area contributed by atoms with Crippen LogP contribution in [0.1, 0.15) is 63.4 Å². The van der Waals surface area contributed by atoms with Crippen molar-refractivity contribution in [2.75, 3.05) is 20.3 Å². The van der Waals surface area contributed by atoms with Crippen molar-refractivity contribution in [2.24, 2.45) is 5.92 Å². The molecule has 2 aliphatic rings. The molecule has 0 bridgehead atoms. The molecule has 1 fully saturated rings. The average Bonchev–Trinajstić information content (AvgIpc) is 2.78. The van der Waals surface area contributed by atoms with Crippen LogP contribution in [0.25, 0.3) is 0 Å². The fraction of sp³-hybridized carbons (Fsp3) is 0.625. The molecule has 1 amide bonds. The van der Waals surface area contributed by atoms with E-state index in [0.29, 0.717) is 18.8 Å². The zero-order valence-electron chi connectivity index (χ0n) is 18.1. The Kier molecular flexibility index (Phi) is 9.01. The van der Waals surface area contributed by atoms with Crippen LogP contribution in [0.5, 0.6) is 0 Å². The third kappa shape index (κ3) is 5.77. The number of carbonyl (C=O) groups excluding carboxylic acids is 1. The molecule has 1 heterocycles. The first kappa shape index (κ1) is 23.5. The van der Waals surface area contributed by atoms with Gasteiger partial charge in [-0.2, -0.15) is 0 Å². The van der Waals surface area contributed by atoms with E-state index in [1.807, 2.05) is 24.9 Å². The summed E-state index contributed by atoms with van der Waals surface area (Å²) in [4.78, 5) is 15.2. The van der Waals surface area contributed by atoms with Gasteiger partial charge in [0.05, 0.1) is 0 Å². The summed E-state index contributed by atoms with van der Waals surface area (Å²) in [6, 6.07) is 8.71. The van der Waals surface area contributed by atoms with E-state index >= 15 is 0 Å². The summed E-state index contributed by atoms with van der Waals surface area (Å²) < 4.78 is 13.3. The van der Waals surface area contributed by atoms with E-state index < -0.39 is 6.29 Å². The number of hydrogen-bond acceptors (Lipinski definition) is 4. The molecule has 1 N–H and O–H groups in total. The third-order valence-electron chi connectivity index (χ3n) is 6.32. The topological polar surface area (TPSA) is 59.0 Å². The highest BCUT2D eigenvalue weighted by Crippen LogP contribution is 2.40. The van der Waals surface area contributed by atoms with Crippen LogP contribution in [0.3, 0.4) is 0 Å². The Morgan fingerprint density at radius 3 is 2.57 bits per heavy atom. The smallest absolute Gasteiger partial charge is 0.288 e. The molecule has 0 radical (unpaired) electrons. The molecule has 1 saturated carbocycles. The lowest BCUT2D eigenvalue weighted by Crippen LogP contribution is -2.43. The first-order chi connectivity index (χ1) is 14.5. The second-order valence-corrected chi connectivity index (χ2v) is 9.53. The minimum atomic E-state index is -0.491. The number of ether oxygens (including phenoxy) is 2. The predicted octanol–water partition coefficient (Wildman–Crippen LogP) is 4.83. The normalized spacial score (nSPS) is 24.8. The van der Waals surface area contributed by atoms with E-state index in [4.69, 9.17) is 9.47 Å². The number of aliphatic hydroxyl groups excluding tert-OH is 1. The number of aliphatic hydroxyl groups is 1. The molecule has 1 aliphatic carbocycles. The summed E-state index contributed by atoms with van der Waals surface area (Å²) in [5.74, 6) is 0.402. The van der Waals surface area contributed by atoms with Gasteiger partial charge in [-0.3, -0.25) is 4.79 Å². The van der Waals surface area contributed by atoms with E-state index in [1.165, 1.54) is 22.8 Å². The lowest BCUT2D eigenvalue weighted by molar-refractivity contribution is -0.170. The highest BCUT2D eigenvalue weighted by molar-refractivity contribution is 14.1. The second kappa shape index (κ2) is 11.5. The van der Waals surface area contributed by atoms with Gasteiger partial charge >= 0.3 is 0 Å². The number of carbonyl (C=O) groups is 1. The van der Waals surface area contributed by atoms with Crippen molar-refractivity contribution in [1.29, 1.82) is 0 Å². The van der Waals surface area contributed by atoms with Crippen LogP contribution in [-0.2, 0) is 14.3 Å². The molecule has 3 atom stereocenters. The molecule has 5 nitrogen and oxygen atoms in total. The van der Waals surface area contributed by atoms with Crippen LogP contribution in [0.15, 0.2) is 36.1 Å². The van der Waals surface area contributed by atoms with Crippen LogP contribution in [-0.4, -0.2) is 48.5 Å². The van der Waals surface area contributed by atoms with Gasteiger partial charge < -0.3 is 19.5 Å². The maximum absolute atomic E-state index is 13.3.